The summed E-state index contributed by atoms with van der Waals surface area (Å²) in [6, 6.07) is 5.65. The summed E-state index contributed by atoms with van der Waals surface area (Å²) in [6.07, 6.45) is 2.49. The third-order valence-electron chi connectivity index (χ3n) is 4.72. The maximum absolute atomic E-state index is 12.4. The standard InChI is InChI=1S/C22H25NO8/c1-21(2,19(27)29-5)12-22(3,4)20(28)31-13-30-18(26)14-6-8-15(9-7-14)23-16(24)10-11-17(23)25/h6-11H,12-13H2,1-5H3. The van der Waals surface area contributed by atoms with E-state index in [1.54, 1.807) is 27.7 Å². The Morgan fingerprint density at radius 3 is 1.87 bits per heavy atom. The van der Waals surface area contributed by atoms with Gasteiger partial charge in [0, 0.05) is 12.2 Å². The molecular weight excluding hydrogens is 406 g/mol. The molecule has 1 aromatic rings. The van der Waals surface area contributed by atoms with Crippen LogP contribution in [0.1, 0.15) is 44.5 Å². The lowest BCUT2D eigenvalue weighted by molar-refractivity contribution is -0.166. The van der Waals surface area contributed by atoms with Crippen LogP contribution in [-0.2, 0) is 33.4 Å². The molecule has 1 heterocycles. The minimum atomic E-state index is -1.02. The Balaban J connectivity index is 1.90. The molecule has 0 aliphatic carbocycles. The predicted octanol–water partition coefficient (Wildman–Crippen LogP) is 2.39. The number of carbonyl (C=O) groups is 5. The average molecular weight is 431 g/mol. The second kappa shape index (κ2) is 9.11. The van der Waals surface area contributed by atoms with Crippen molar-refractivity contribution in [3.63, 3.8) is 0 Å². The number of carbonyl (C=O) groups excluding carboxylic acids is 5. The van der Waals surface area contributed by atoms with Crippen LogP contribution >= 0.6 is 0 Å². The van der Waals surface area contributed by atoms with Crippen LogP contribution in [0.15, 0.2) is 36.4 Å². The monoisotopic (exact) mass is 431 g/mol. The first kappa shape index (κ1) is 23.8. The Morgan fingerprint density at radius 1 is 0.839 bits per heavy atom. The largest absolute Gasteiger partial charge is 0.469 e. The number of imide groups is 1. The quantitative estimate of drug-likeness (QED) is 0.350. The molecule has 0 fully saturated rings. The van der Waals surface area contributed by atoms with Crippen molar-refractivity contribution in [1.82, 2.24) is 0 Å². The summed E-state index contributed by atoms with van der Waals surface area (Å²) in [5, 5.41) is 0. The van der Waals surface area contributed by atoms with Crippen LogP contribution in [0.3, 0.4) is 0 Å². The highest BCUT2D eigenvalue weighted by molar-refractivity contribution is 6.28. The first-order valence-corrected chi connectivity index (χ1v) is 9.48. The van der Waals surface area contributed by atoms with Gasteiger partial charge in [0.05, 0.1) is 29.2 Å². The Morgan fingerprint density at radius 2 is 1.35 bits per heavy atom. The zero-order valence-electron chi connectivity index (χ0n) is 18.1. The van der Waals surface area contributed by atoms with Gasteiger partial charge in [-0.1, -0.05) is 0 Å². The van der Waals surface area contributed by atoms with Crippen molar-refractivity contribution in [2.24, 2.45) is 10.8 Å². The molecule has 0 unspecified atom stereocenters. The van der Waals surface area contributed by atoms with E-state index in [1.807, 2.05) is 0 Å². The fraction of sp³-hybridized carbons (Fsp3) is 0.409. The van der Waals surface area contributed by atoms with Crippen LogP contribution in [-0.4, -0.2) is 43.6 Å². The van der Waals surface area contributed by atoms with Crippen molar-refractivity contribution in [2.45, 2.75) is 34.1 Å². The molecule has 2 amide bonds. The Labute approximate surface area is 179 Å². The lowest BCUT2D eigenvalue weighted by atomic mass is 9.75. The Bertz CT molecular complexity index is 909. The number of anilines is 1. The number of hydrogen-bond donors (Lipinski definition) is 0. The van der Waals surface area contributed by atoms with Crippen LogP contribution in [0.25, 0.3) is 0 Å². The lowest BCUT2D eigenvalue weighted by Crippen LogP contribution is -2.37. The summed E-state index contributed by atoms with van der Waals surface area (Å²) >= 11 is 0. The van der Waals surface area contributed by atoms with Gasteiger partial charge in [-0.15, -0.1) is 0 Å². The van der Waals surface area contributed by atoms with Crippen molar-refractivity contribution in [1.29, 1.82) is 0 Å². The average Bonchev–Trinajstić information content (AvgIpc) is 3.04. The highest BCUT2D eigenvalue weighted by atomic mass is 16.7. The fourth-order valence-electron chi connectivity index (χ4n) is 3.34. The van der Waals surface area contributed by atoms with Gasteiger partial charge in [-0.2, -0.15) is 0 Å². The molecule has 2 rings (SSSR count). The minimum absolute atomic E-state index is 0.151. The van der Waals surface area contributed by atoms with Crippen LogP contribution in [0, 0.1) is 10.8 Å². The van der Waals surface area contributed by atoms with Gasteiger partial charge in [0.1, 0.15) is 0 Å². The highest BCUT2D eigenvalue weighted by Crippen LogP contribution is 2.35. The van der Waals surface area contributed by atoms with Gasteiger partial charge in [-0.25, -0.2) is 9.69 Å². The lowest BCUT2D eigenvalue weighted by Gasteiger charge is -2.30. The summed E-state index contributed by atoms with van der Waals surface area (Å²) in [4.78, 5) is 60.7. The van der Waals surface area contributed by atoms with Crippen molar-refractivity contribution in [2.75, 3.05) is 18.8 Å². The molecule has 0 bridgehead atoms. The van der Waals surface area contributed by atoms with E-state index in [4.69, 9.17) is 14.2 Å². The molecule has 31 heavy (non-hydrogen) atoms. The van der Waals surface area contributed by atoms with Gasteiger partial charge < -0.3 is 14.2 Å². The molecule has 166 valence electrons. The van der Waals surface area contributed by atoms with Gasteiger partial charge in [-0.3, -0.25) is 19.2 Å². The van der Waals surface area contributed by atoms with Crippen molar-refractivity contribution in [3.05, 3.63) is 42.0 Å². The molecule has 0 saturated heterocycles. The predicted molar refractivity (Wildman–Crippen MR) is 109 cm³/mol. The van der Waals surface area contributed by atoms with Gasteiger partial charge in [0.25, 0.3) is 11.8 Å². The smallest absolute Gasteiger partial charge is 0.341 e. The zero-order chi connectivity index (χ0) is 23.4. The second-order valence-electron chi connectivity index (χ2n) is 8.31. The zero-order valence-corrected chi connectivity index (χ0v) is 18.1. The van der Waals surface area contributed by atoms with Crippen LogP contribution in [0.5, 0.6) is 0 Å². The fourth-order valence-corrected chi connectivity index (χ4v) is 3.34. The number of methoxy groups -OCH3 is 1. The van der Waals surface area contributed by atoms with E-state index in [2.05, 4.69) is 0 Å². The van der Waals surface area contributed by atoms with E-state index >= 15 is 0 Å². The number of nitrogens with zero attached hydrogens (tertiary/aromatic N) is 1. The number of amides is 2. The molecule has 0 N–H and O–H groups in total. The number of ether oxygens (including phenoxy) is 3. The normalized spacial score (nSPS) is 13.9. The van der Waals surface area contributed by atoms with Gasteiger partial charge >= 0.3 is 17.9 Å². The SMILES string of the molecule is COC(=O)C(C)(C)CC(C)(C)C(=O)OCOC(=O)c1ccc(N2C(=O)C=CC2=O)cc1. The molecule has 1 aliphatic heterocycles. The Kier molecular flexibility index (Phi) is 6.99. The molecular formula is C22H25NO8. The van der Waals surface area contributed by atoms with E-state index < -0.39 is 47.3 Å². The van der Waals surface area contributed by atoms with Crippen molar-refractivity contribution in [3.8, 4) is 0 Å². The van der Waals surface area contributed by atoms with E-state index in [-0.39, 0.29) is 12.0 Å². The minimum Gasteiger partial charge on any atom is -0.469 e. The third kappa shape index (κ3) is 5.56. The van der Waals surface area contributed by atoms with E-state index in [9.17, 15) is 24.0 Å². The third-order valence-corrected chi connectivity index (χ3v) is 4.72. The Hall–Kier alpha value is -3.49. The highest BCUT2D eigenvalue weighted by Gasteiger charge is 2.40. The maximum Gasteiger partial charge on any atom is 0.341 e. The van der Waals surface area contributed by atoms with Gasteiger partial charge in [0.2, 0.25) is 6.79 Å². The molecule has 0 radical (unpaired) electrons. The van der Waals surface area contributed by atoms with Crippen LogP contribution < -0.4 is 4.90 Å². The van der Waals surface area contributed by atoms with Crippen molar-refractivity contribution < 1.29 is 38.2 Å². The summed E-state index contributed by atoms with van der Waals surface area (Å²) in [7, 11) is 1.28. The molecule has 0 spiro atoms. The van der Waals surface area contributed by atoms with E-state index in [0.717, 1.165) is 17.1 Å². The molecule has 0 aromatic heterocycles. The number of esters is 3. The van der Waals surface area contributed by atoms with Crippen LogP contribution in [0.4, 0.5) is 5.69 Å². The first-order valence-electron chi connectivity index (χ1n) is 9.48. The summed E-state index contributed by atoms with van der Waals surface area (Å²) in [5.74, 6) is -2.76. The van der Waals surface area contributed by atoms with E-state index in [0.29, 0.717) is 5.69 Å². The van der Waals surface area contributed by atoms with Crippen LogP contribution in [0.2, 0.25) is 0 Å². The van der Waals surface area contributed by atoms with Crippen molar-refractivity contribution >= 4 is 35.4 Å². The summed E-state index contributed by atoms with van der Waals surface area (Å²) < 4.78 is 14.8. The van der Waals surface area contributed by atoms with E-state index in [1.165, 1.54) is 31.4 Å². The number of hydrogen-bond acceptors (Lipinski definition) is 8. The molecule has 1 aliphatic rings. The number of rotatable bonds is 8. The summed E-state index contributed by atoms with van der Waals surface area (Å²) in [5.41, 5.74) is -1.45. The molecule has 1 aromatic carbocycles. The van der Waals surface area contributed by atoms with Gasteiger partial charge in [-0.05, 0) is 58.4 Å². The summed E-state index contributed by atoms with van der Waals surface area (Å²) in [6.45, 7) is 5.97. The molecule has 0 saturated carbocycles. The topological polar surface area (TPSA) is 116 Å². The maximum atomic E-state index is 12.4. The molecule has 9 heteroatoms. The first-order chi connectivity index (χ1) is 14.4. The molecule has 9 nitrogen and oxygen atoms in total. The number of benzene rings is 1. The van der Waals surface area contributed by atoms with Gasteiger partial charge in [0.15, 0.2) is 0 Å². The second-order valence-corrected chi connectivity index (χ2v) is 8.31. The molecule has 0 atom stereocenters.